The lowest BCUT2D eigenvalue weighted by Crippen LogP contribution is -2.35. The molecule has 0 bridgehead atoms. The lowest BCUT2D eigenvalue weighted by Gasteiger charge is -2.21. The molecule has 0 aliphatic carbocycles. The van der Waals surface area contributed by atoms with Crippen molar-refractivity contribution in [2.45, 2.75) is 26.2 Å². The quantitative estimate of drug-likeness (QED) is 0.762. The van der Waals surface area contributed by atoms with Crippen molar-refractivity contribution in [2.24, 2.45) is 11.8 Å². The van der Waals surface area contributed by atoms with E-state index in [1.807, 2.05) is 11.0 Å². The smallest absolute Gasteiger partial charge is 0.255 e. The number of carbonyl (C=O) groups excluding carboxylic acids is 1. The van der Waals surface area contributed by atoms with Gasteiger partial charge in [-0.15, -0.1) is 24.8 Å². The van der Waals surface area contributed by atoms with Crippen molar-refractivity contribution < 1.29 is 4.79 Å². The molecule has 2 aromatic rings. The molecule has 0 spiro atoms. The van der Waals surface area contributed by atoms with E-state index in [0.717, 1.165) is 44.6 Å². The van der Waals surface area contributed by atoms with E-state index in [1.165, 1.54) is 0 Å². The van der Waals surface area contributed by atoms with Crippen molar-refractivity contribution in [2.75, 3.05) is 26.2 Å². The normalized spacial score (nSPS) is 20.8. The molecule has 0 radical (unpaired) electrons. The van der Waals surface area contributed by atoms with E-state index in [0.29, 0.717) is 28.9 Å². The number of carbonyl (C=O) groups is 1. The number of rotatable bonds is 3. The number of likely N-dealkylation sites (tertiary alicyclic amines) is 1. The molecule has 0 aromatic carbocycles. The SMILES string of the molecule is Cc1nc(-c2cccnc2)[nH]c(=O)c1CC(=O)N1CC[C@@H]2CNC[C@@H]2CC1.Cl.Cl. The Bertz CT molecular complexity index is 876. The van der Waals surface area contributed by atoms with E-state index < -0.39 is 0 Å². The molecule has 2 aromatic heterocycles. The van der Waals surface area contributed by atoms with Gasteiger partial charge in [0.15, 0.2) is 0 Å². The largest absolute Gasteiger partial charge is 0.342 e. The van der Waals surface area contributed by atoms with Crippen LogP contribution < -0.4 is 10.9 Å². The van der Waals surface area contributed by atoms with Crippen LogP contribution in [0.15, 0.2) is 29.3 Å². The van der Waals surface area contributed by atoms with Gasteiger partial charge >= 0.3 is 0 Å². The highest BCUT2D eigenvalue weighted by molar-refractivity contribution is 5.85. The Labute approximate surface area is 182 Å². The van der Waals surface area contributed by atoms with Gasteiger partial charge in [-0.1, -0.05) is 0 Å². The predicted octanol–water partition coefficient (Wildman–Crippen LogP) is 1.98. The molecule has 2 fully saturated rings. The Hall–Kier alpha value is -1.96. The van der Waals surface area contributed by atoms with E-state index in [2.05, 4.69) is 20.3 Å². The number of H-pyrrole nitrogens is 1. The lowest BCUT2D eigenvalue weighted by molar-refractivity contribution is -0.130. The molecule has 4 rings (SSSR count). The molecule has 7 nitrogen and oxygen atoms in total. The first-order valence-corrected chi connectivity index (χ1v) is 9.60. The molecule has 29 heavy (non-hydrogen) atoms. The minimum Gasteiger partial charge on any atom is -0.342 e. The predicted molar refractivity (Wildman–Crippen MR) is 117 cm³/mol. The van der Waals surface area contributed by atoms with Crippen LogP contribution in [0.4, 0.5) is 0 Å². The van der Waals surface area contributed by atoms with E-state index >= 15 is 0 Å². The second-order valence-corrected chi connectivity index (χ2v) is 7.53. The molecule has 0 saturated carbocycles. The Morgan fingerprint density at radius 3 is 2.48 bits per heavy atom. The average molecular weight is 440 g/mol. The molecule has 2 atom stereocenters. The lowest BCUT2D eigenvalue weighted by atomic mass is 9.92. The minimum atomic E-state index is -0.245. The molecular formula is C20H27Cl2N5O2. The zero-order valence-corrected chi connectivity index (χ0v) is 18.0. The molecule has 2 N–H and O–H groups in total. The fourth-order valence-corrected chi connectivity index (χ4v) is 4.19. The molecule has 9 heteroatoms. The van der Waals surface area contributed by atoms with Crippen molar-refractivity contribution in [3.8, 4) is 11.4 Å². The third kappa shape index (κ3) is 5.15. The van der Waals surface area contributed by atoms with Crippen molar-refractivity contribution >= 4 is 30.7 Å². The summed E-state index contributed by atoms with van der Waals surface area (Å²) in [6.07, 6.45) is 5.52. The van der Waals surface area contributed by atoms with E-state index in [9.17, 15) is 9.59 Å². The Balaban J connectivity index is 0.00000150. The van der Waals surface area contributed by atoms with Gasteiger partial charge in [-0.2, -0.15) is 0 Å². The van der Waals surface area contributed by atoms with Crippen molar-refractivity contribution in [3.63, 3.8) is 0 Å². The number of fused-ring (bicyclic) bond motifs is 1. The number of aryl methyl sites for hydroxylation is 1. The van der Waals surface area contributed by atoms with Crippen molar-refractivity contribution in [1.82, 2.24) is 25.2 Å². The fourth-order valence-electron chi connectivity index (χ4n) is 4.19. The second-order valence-electron chi connectivity index (χ2n) is 7.53. The summed E-state index contributed by atoms with van der Waals surface area (Å²) in [6.45, 7) is 5.46. The van der Waals surface area contributed by atoms with Crippen molar-refractivity contribution in [3.05, 3.63) is 46.1 Å². The summed E-state index contributed by atoms with van der Waals surface area (Å²) in [5.74, 6) is 1.85. The Kier molecular flexibility index (Phi) is 8.19. The van der Waals surface area contributed by atoms with E-state index in [4.69, 9.17) is 0 Å². The van der Waals surface area contributed by atoms with Gasteiger partial charge in [0.05, 0.1) is 6.42 Å². The summed E-state index contributed by atoms with van der Waals surface area (Å²) >= 11 is 0. The van der Waals surface area contributed by atoms with E-state index in [-0.39, 0.29) is 42.7 Å². The first-order chi connectivity index (χ1) is 13.1. The Morgan fingerprint density at radius 1 is 1.21 bits per heavy atom. The number of amides is 1. The third-order valence-corrected chi connectivity index (χ3v) is 5.86. The van der Waals surface area contributed by atoms with Gasteiger partial charge in [0.1, 0.15) is 5.82 Å². The monoisotopic (exact) mass is 439 g/mol. The molecular weight excluding hydrogens is 413 g/mol. The van der Waals surface area contributed by atoms with Gasteiger partial charge in [0, 0.05) is 42.3 Å². The number of nitrogens with zero attached hydrogens (tertiary/aromatic N) is 3. The first-order valence-electron chi connectivity index (χ1n) is 9.60. The maximum absolute atomic E-state index is 12.8. The number of pyridine rings is 1. The summed E-state index contributed by atoms with van der Waals surface area (Å²) < 4.78 is 0. The molecule has 2 saturated heterocycles. The van der Waals surface area contributed by atoms with Crippen LogP contribution in [0.25, 0.3) is 11.4 Å². The minimum absolute atomic E-state index is 0. The summed E-state index contributed by atoms with van der Waals surface area (Å²) in [5.41, 5.74) is 1.56. The summed E-state index contributed by atoms with van der Waals surface area (Å²) in [4.78, 5) is 38.7. The van der Waals surface area contributed by atoms with E-state index in [1.54, 1.807) is 25.4 Å². The first kappa shape index (κ1) is 23.3. The van der Waals surface area contributed by atoms with Crippen LogP contribution in [0.2, 0.25) is 0 Å². The highest BCUT2D eigenvalue weighted by Crippen LogP contribution is 2.27. The van der Waals surface area contributed by atoms with Crippen molar-refractivity contribution in [1.29, 1.82) is 0 Å². The number of halogens is 2. The second kappa shape index (κ2) is 10.2. The van der Waals surface area contributed by atoms with Gasteiger partial charge in [0.25, 0.3) is 5.56 Å². The van der Waals surface area contributed by atoms with Crippen LogP contribution in [-0.2, 0) is 11.2 Å². The highest BCUT2D eigenvalue weighted by Gasteiger charge is 2.31. The zero-order valence-electron chi connectivity index (χ0n) is 16.4. The average Bonchev–Trinajstić information content (AvgIpc) is 3.03. The van der Waals surface area contributed by atoms with Crippen LogP contribution in [0, 0.1) is 18.8 Å². The standard InChI is InChI=1S/C20H25N5O2.2ClH/c1-13-17(20(27)24-19(23-13)16-3-2-6-21-12-16)9-18(26)25-7-4-14-10-22-11-15(14)5-8-25;;/h2-3,6,12,14-15,22H,4-5,7-11H2,1H3,(H,23,24,27);2*1H/t14-,15+;;. The van der Waals surface area contributed by atoms with Crippen LogP contribution >= 0.6 is 24.8 Å². The summed E-state index contributed by atoms with van der Waals surface area (Å²) in [6, 6.07) is 3.64. The van der Waals surface area contributed by atoms with Crippen LogP contribution in [0.1, 0.15) is 24.1 Å². The topological polar surface area (TPSA) is 91.0 Å². The molecule has 4 heterocycles. The van der Waals surface area contributed by atoms with Gasteiger partial charge < -0.3 is 15.2 Å². The number of hydrogen-bond acceptors (Lipinski definition) is 5. The number of aromatic nitrogens is 3. The number of aromatic amines is 1. The maximum Gasteiger partial charge on any atom is 0.255 e. The molecule has 2 aliphatic rings. The third-order valence-electron chi connectivity index (χ3n) is 5.86. The number of nitrogens with one attached hydrogen (secondary N) is 2. The summed E-state index contributed by atoms with van der Waals surface area (Å²) in [7, 11) is 0. The summed E-state index contributed by atoms with van der Waals surface area (Å²) in [5, 5.41) is 3.45. The van der Waals surface area contributed by atoms with Crippen LogP contribution in [0.5, 0.6) is 0 Å². The fraction of sp³-hybridized carbons (Fsp3) is 0.500. The Morgan fingerprint density at radius 2 is 1.90 bits per heavy atom. The van der Waals surface area contributed by atoms with Gasteiger partial charge in [-0.25, -0.2) is 4.98 Å². The van der Waals surface area contributed by atoms with Gasteiger partial charge in [-0.05, 0) is 56.8 Å². The molecule has 2 aliphatic heterocycles. The van der Waals surface area contributed by atoms with Gasteiger partial charge in [0.2, 0.25) is 5.91 Å². The molecule has 1 amide bonds. The molecule has 158 valence electrons. The molecule has 0 unspecified atom stereocenters. The maximum atomic E-state index is 12.8. The van der Waals surface area contributed by atoms with Crippen LogP contribution in [0.3, 0.4) is 0 Å². The zero-order chi connectivity index (χ0) is 18.8. The van der Waals surface area contributed by atoms with Gasteiger partial charge in [-0.3, -0.25) is 14.6 Å². The highest BCUT2D eigenvalue weighted by atomic mass is 35.5. The van der Waals surface area contributed by atoms with Crippen LogP contribution in [-0.4, -0.2) is 51.9 Å². The number of hydrogen-bond donors (Lipinski definition) is 2.